The minimum atomic E-state index is -4.48. The molecule has 1 aromatic carbocycles. The summed E-state index contributed by atoms with van der Waals surface area (Å²) in [6.07, 6.45) is -4.23. The number of halogens is 5. The van der Waals surface area contributed by atoms with Crippen LogP contribution in [0.15, 0.2) is 12.1 Å². The van der Waals surface area contributed by atoms with Gasteiger partial charge >= 0.3 is 12.1 Å². The van der Waals surface area contributed by atoms with E-state index >= 15 is 0 Å². The van der Waals surface area contributed by atoms with Gasteiger partial charge in [0.1, 0.15) is 0 Å². The Morgan fingerprint density at radius 3 is 2.46 bits per heavy atom. The Hall–Kier alpha value is -1.86. The number of esters is 1. The summed E-state index contributed by atoms with van der Waals surface area (Å²) in [5.74, 6) is -7.22. The van der Waals surface area contributed by atoms with Crippen LogP contribution in [0.2, 0.25) is 0 Å². The molecule has 0 aliphatic heterocycles. The third-order valence-electron chi connectivity index (χ3n) is 4.90. The number of benzene rings is 1. The van der Waals surface area contributed by atoms with Gasteiger partial charge in [-0.2, -0.15) is 17.6 Å². The molecule has 0 N–H and O–H groups in total. The first kappa shape index (κ1) is 18.9. The molecule has 2 saturated carbocycles. The van der Waals surface area contributed by atoms with Crippen LogP contribution >= 0.6 is 0 Å². The number of ether oxygens (including phenoxy) is 2. The monoisotopic (exact) mass is 378 g/mol. The molecule has 2 aliphatic carbocycles. The molecule has 0 radical (unpaired) electrons. The molecule has 144 valence electrons. The summed E-state index contributed by atoms with van der Waals surface area (Å²) < 4.78 is 77.9. The second kappa shape index (κ2) is 7.04. The normalized spacial score (nSPS) is 26.0. The highest BCUT2D eigenvalue weighted by Crippen LogP contribution is 2.52. The summed E-state index contributed by atoms with van der Waals surface area (Å²) in [7, 11) is 0. The second-order valence-corrected chi connectivity index (χ2v) is 6.77. The smallest absolute Gasteiger partial charge is 0.391 e. The Kier molecular flexibility index (Phi) is 5.12. The molecule has 0 spiro atoms. The molecule has 26 heavy (non-hydrogen) atoms. The number of hydrogen-bond donors (Lipinski definition) is 0. The van der Waals surface area contributed by atoms with Crippen LogP contribution in [0.3, 0.4) is 0 Å². The zero-order valence-electron chi connectivity index (χ0n) is 14.1. The average molecular weight is 378 g/mol. The molecule has 3 nitrogen and oxygen atoms in total. The predicted molar refractivity (Wildman–Crippen MR) is 81.7 cm³/mol. The third-order valence-corrected chi connectivity index (χ3v) is 4.90. The fourth-order valence-electron chi connectivity index (χ4n) is 3.47. The van der Waals surface area contributed by atoms with Crippen LogP contribution in [0.25, 0.3) is 0 Å². The molecule has 2 fully saturated rings. The highest BCUT2D eigenvalue weighted by atomic mass is 19.4. The molecule has 8 heteroatoms. The van der Waals surface area contributed by atoms with Crippen LogP contribution in [0.1, 0.15) is 44.1 Å². The molecule has 2 aliphatic rings. The molecule has 0 heterocycles. The molecular formula is C18H19F5O3. The maximum atomic E-state index is 14.3. The first-order valence-corrected chi connectivity index (χ1v) is 8.60. The van der Waals surface area contributed by atoms with Crippen molar-refractivity contribution in [3.63, 3.8) is 0 Å². The van der Waals surface area contributed by atoms with E-state index < -0.39 is 48.0 Å². The summed E-state index contributed by atoms with van der Waals surface area (Å²) in [5.41, 5.74) is 0.0978. The second-order valence-electron chi connectivity index (χ2n) is 6.77. The van der Waals surface area contributed by atoms with E-state index in [9.17, 15) is 26.7 Å². The van der Waals surface area contributed by atoms with E-state index in [0.29, 0.717) is 12.8 Å². The van der Waals surface area contributed by atoms with Crippen molar-refractivity contribution in [2.75, 3.05) is 6.61 Å². The van der Waals surface area contributed by atoms with Gasteiger partial charge in [0.05, 0.1) is 24.5 Å². The number of alkyl halides is 3. The topological polar surface area (TPSA) is 35.5 Å². The van der Waals surface area contributed by atoms with Crippen molar-refractivity contribution in [2.45, 2.75) is 50.8 Å². The van der Waals surface area contributed by atoms with E-state index in [1.54, 1.807) is 6.92 Å². The van der Waals surface area contributed by atoms with Crippen molar-refractivity contribution >= 4 is 5.97 Å². The summed E-state index contributed by atoms with van der Waals surface area (Å²) >= 11 is 0. The molecular weight excluding hydrogens is 359 g/mol. The number of hydrogen-bond acceptors (Lipinski definition) is 3. The Bertz CT molecular complexity index is 684. The van der Waals surface area contributed by atoms with Crippen LogP contribution in [-0.2, 0) is 9.53 Å². The Labute approximate surface area is 147 Å². The van der Waals surface area contributed by atoms with Gasteiger partial charge in [-0.25, -0.2) is 4.39 Å². The van der Waals surface area contributed by atoms with E-state index in [1.165, 1.54) is 6.07 Å². The van der Waals surface area contributed by atoms with Gasteiger partial charge < -0.3 is 9.47 Å². The first-order chi connectivity index (χ1) is 12.2. The van der Waals surface area contributed by atoms with Crippen molar-refractivity contribution in [1.29, 1.82) is 0 Å². The predicted octanol–water partition coefficient (Wildman–Crippen LogP) is 4.74. The fraction of sp³-hybridized carbons (Fsp3) is 0.611. The van der Waals surface area contributed by atoms with Crippen molar-refractivity contribution in [3.8, 4) is 5.75 Å². The molecule has 0 unspecified atom stereocenters. The maximum Gasteiger partial charge on any atom is 0.391 e. The zero-order valence-corrected chi connectivity index (χ0v) is 14.1. The Balaban J connectivity index is 1.98. The lowest BCUT2D eigenvalue weighted by Gasteiger charge is -2.22. The quantitative estimate of drug-likeness (QED) is 0.548. The van der Waals surface area contributed by atoms with Crippen LogP contribution in [0.5, 0.6) is 5.75 Å². The van der Waals surface area contributed by atoms with Crippen LogP contribution in [0, 0.1) is 23.5 Å². The highest BCUT2D eigenvalue weighted by Gasteiger charge is 2.52. The van der Waals surface area contributed by atoms with Gasteiger partial charge in [0.15, 0.2) is 11.6 Å². The first-order valence-electron chi connectivity index (χ1n) is 8.60. The lowest BCUT2D eigenvalue weighted by molar-refractivity contribution is -0.174. The minimum absolute atomic E-state index is 0.0297. The number of carbonyl (C=O) groups excluding carboxylic acids is 1. The van der Waals surface area contributed by atoms with Gasteiger partial charge in [-0.3, -0.25) is 4.79 Å². The number of carbonyl (C=O) groups is 1. The molecule has 3 atom stereocenters. The van der Waals surface area contributed by atoms with E-state index in [4.69, 9.17) is 9.47 Å². The summed E-state index contributed by atoms with van der Waals surface area (Å²) in [4.78, 5) is 12.2. The van der Waals surface area contributed by atoms with Crippen molar-refractivity contribution in [1.82, 2.24) is 0 Å². The number of rotatable bonds is 5. The summed E-state index contributed by atoms with van der Waals surface area (Å²) in [6.45, 7) is 1.59. The van der Waals surface area contributed by atoms with Crippen molar-refractivity contribution in [2.24, 2.45) is 11.8 Å². The van der Waals surface area contributed by atoms with Crippen LogP contribution in [0.4, 0.5) is 22.0 Å². The summed E-state index contributed by atoms with van der Waals surface area (Å²) in [6, 6.07) is 2.07. The largest absolute Gasteiger partial charge is 0.487 e. The Morgan fingerprint density at radius 2 is 1.88 bits per heavy atom. The molecule has 0 aromatic heterocycles. The molecule has 1 aromatic rings. The lowest BCUT2D eigenvalue weighted by Crippen LogP contribution is -2.23. The van der Waals surface area contributed by atoms with Gasteiger partial charge in [-0.1, -0.05) is 6.07 Å². The minimum Gasteiger partial charge on any atom is -0.487 e. The van der Waals surface area contributed by atoms with Gasteiger partial charge in [0, 0.05) is 11.5 Å². The molecule has 0 amide bonds. The van der Waals surface area contributed by atoms with E-state index in [-0.39, 0.29) is 30.4 Å². The van der Waals surface area contributed by atoms with Crippen LogP contribution in [-0.4, -0.2) is 24.9 Å². The highest BCUT2D eigenvalue weighted by molar-refractivity contribution is 5.74. The van der Waals surface area contributed by atoms with E-state index in [2.05, 4.69) is 0 Å². The van der Waals surface area contributed by atoms with Gasteiger partial charge in [0.25, 0.3) is 0 Å². The SMILES string of the molecule is CCOC(=O)[C@@H]1C[C@@H](C(F)(F)F)C[C@H]1c1ccc(F)c(F)c1OC1CC1. The van der Waals surface area contributed by atoms with E-state index in [0.717, 1.165) is 6.07 Å². The van der Waals surface area contributed by atoms with Gasteiger partial charge in [-0.05, 0) is 38.7 Å². The Morgan fingerprint density at radius 1 is 1.19 bits per heavy atom. The van der Waals surface area contributed by atoms with Crippen LogP contribution < -0.4 is 4.74 Å². The van der Waals surface area contributed by atoms with Gasteiger partial charge in [0.2, 0.25) is 5.82 Å². The molecule has 0 bridgehead atoms. The van der Waals surface area contributed by atoms with Crippen molar-refractivity contribution in [3.05, 3.63) is 29.3 Å². The molecule has 0 saturated heterocycles. The standard InChI is InChI=1S/C18H19F5O3/c1-2-25-17(24)13-8-9(18(21,22)23)7-12(13)11-5-6-14(19)15(20)16(11)26-10-3-4-10/h5-6,9-10,12-13H,2-4,7-8H2,1H3/t9-,12-,13+/m0/s1. The summed E-state index contributed by atoms with van der Waals surface area (Å²) in [5, 5.41) is 0. The fourth-order valence-corrected chi connectivity index (χ4v) is 3.47. The molecule has 3 rings (SSSR count). The zero-order chi connectivity index (χ0) is 19.1. The van der Waals surface area contributed by atoms with Gasteiger partial charge in [-0.15, -0.1) is 0 Å². The lowest BCUT2D eigenvalue weighted by atomic mass is 9.88. The van der Waals surface area contributed by atoms with E-state index in [1.807, 2.05) is 0 Å². The van der Waals surface area contributed by atoms with Crippen molar-refractivity contribution < 1.29 is 36.2 Å². The maximum absolute atomic E-state index is 14.3. The third kappa shape index (κ3) is 3.78. The average Bonchev–Trinajstić information content (AvgIpc) is 3.26.